The molecule has 0 atom stereocenters. The predicted molar refractivity (Wildman–Crippen MR) is 115 cm³/mol. The minimum Gasteiger partial charge on any atom is -0.286 e. The van der Waals surface area contributed by atoms with Gasteiger partial charge in [-0.1, -0.05) is 66.7 Å². The van der Waals surface area contributed by atoms with Gasteiger partial charge in [0.25, 0.3) is 0 Å². The molecule has 28 heavy (non-hydrogen) atoms. The number of carbonyl (C=O) groups is 2. The van der Waals surface area contributed by atoms with Crippen molar-refractivity contribution in [2.24, 2.45) is 0 Å². The Kier molecular flexibility index (Phi) is 2.93. The van der Waals surface area contributed by atoms with Gasteiger partial charge in [-0.05, 0) is 66.9 Å². The third kappa shape index (κ3) is 1.87. The molecule has 0 radical (unpaired) electrons. The Labute approximate surface area is 160 Å². The van der Waals surface area contributed by atoms with E-state index in [0.29, 0.717) is 5.56 Å². The molecule has 0 aliphatic heterocycles. The number of hydrogen-bond acceptors (Lipinski definition) is 2. The van der Waals surface area contributed by atoms with E-state index < -0.39 is 11.6 Å². The molecule has 0 saturated heterocycles. The van der Waals surface area contributed by atoms with Crippen molar-refractivity contribution in [1.29, 1.82) is 0 Å². The summed E-state index contributed by atoms with van der Waals surface area (Å²) in [7, 11) is 0. The van der Waals surface area contributed by atoms with Crippen LogP contribution in [0.25, 0.3) is 49.2 Å². The molecule has 2 nitrogen and oxygen atoms in total. The smallest absolute Gasteiger partial charge is 0.233 e. The van der Waals surface area contributed by atoms with Crippen LogP contribution in [0.4, 0.5) is 0 Å². The molecular formula is C26H14O2. The summed E-state index contributed by atoms with van der Waals surface area (Å²) in [6.07, 6.45) is 3.19. The average Bonchev–Trinajstić information content (AvgIpc) is 2.75. The number of allylic oxidation sites excluding steroid dienone is 1. The highest BCUT2D eigenvalue weighted by molar-refractivity contribution is 6.51. The fourth-order valence-electron chi connectivity index (χ4n) is 4.58. The summed E-state index contributed by atoms with van der Waals surface area (Å²) in [5, 5.41) is 9.16. The molecule has 130 valence electrons. The van der Waals surface area contributed by atoms with E-state index in [9.17, 15) is 9.59 Å². The number of fused-ring (bicyclic) bond motifs is 10. The van der Waals surface area contributed by atoms with Gasteiger partial charge < -0.3 is 0 Å². The molecular weight excluding hydrogens is 344 g/mol. The van der Waals surface area contributed by atoms with Gasteiger partial charge in [-0.2, -0.15) is 0 Å². The molecule has 0 spiro atoms. The van der Waals surface area contributed by atoms with E-state index >= 15 is 0 Å². The lowest BCUT2D eigenvalue weighted by atomic mass is 9.85. The van der Waals surface area contributed by atoms with Crippen molar-refractivity contribution in [3.63, 3.8) is 0 Å². The van der Waals surface area contributed by atoms with Gasteiger partial charge in [-0.15, -0.1) is 0 Å². The zero-order valence-electron chi connectivity index (χ0n) is 14.9. The lowest BCUT2D eigenvalue weighted by Crippen LogP contribution is -2.16. The number of carbonyl (C=O) groups excluding carboxylic acids is 2. The molecule has 6 rings (SSSR count). The molecule has 0 aromatic heterocycles. The first-order chi connectivity index (χ1) is 13.7. The first-order valence-corrected chi connectivity index (χ1v) is 9.29. The molecule has 0 heterocycles. The van der Waals surface area contributed by atoms with Gasteiger partial charge in [0, 0.05) is 5.56 Å². The quantitative estimate of drug-likeness (QED) is 0.248. The van der Waals surface area contributed by atoms with Gasteiger partial charge in [0.05, 0.1) is 0 Å². The molecule has 0 saturated carbocycles. The fourth-order valence-corrected chi connectivity index (χ4v) is 4.58. The first-order valence-electron chi connectivity index (χ1n) is 9.29. The minimum absolute atomic E-state index is 0.429. The van der Waals surface area contributed by atoms with Crippen LogP contribution in [0.5, 0.6) is 0 Å². The summed E-state index contributed by atoms with van der Waals surface area (Å²) in [4.78, 5) is 24.4. The van der Waals surface area contributed by atoms with Gasteiger partial charge in [0.15, 0.2) is 0 Å². The van der Waals surface area contributed by atoms with Crippen molar-refractivity contribution in [2.75, 3.05) is 0 Å². The minimum atomic E-state index is -0.456. The fraction of sp³-hybridized carbons (Fsp3) is 0. The second-order valence-electron chi connectivity index (χ2n) is 7.23. The van der Waals surface area contributed by atoms with Gasteiger partial charge in [-0.3, -0.25) is 9.59 Å². The molecule has 5 aromatic rings. The van der Waals surface area contributed by atoms with Crippen LogP contribution in [0.15, 0.2) is 78.9 Å². The molecule has 5 aromatic carbocycles. The maximum Gasteiger partial charge on any atom is 0.233 e. The van der Waals surface area contributed by atoms with Crippen LogP contribution in [0, 0.1) is 0 Å². The SMILES string of the molecule is O=C1C=Cc2c(ccc3c4ccccc4c4c5ccccc5ccc4c23)C1=O. The van der Waals surface area contributed by atoms with Crippen LogP contribution in [-0.2, 0) is 4.79 Å². The van der Waals surface area contributed by atoms with Crippen molar-refractivity contribution in [1.82, 2.24) is 0 Å². The first kappa shape index (κ1) is 15.3. The summed E-state index contributed by atoms with van der Waals surface area (Å²) < 4.78 is 0. The lowest BCUT2D eigenvalue weighted by Gasteiger charge is -2.17. The van der Waals surface area contributed by atoms with E-state index in [-0.39, 0.29) is 0 Å². The van der Waals surface area contributed by atoms with Crippen molar-refractivity contribution in [3.05, 3.63) is 90.0 Å². The zero-order chi connectivity index (χ0) is 18.8. The van der Waals surface area contributed by atoms with Gasteiger partial charge in [-0.25, -0.2) is 0 Å². The molecule has 0 unspecified atom stereocenters. The number of rotatable bonds is 0. The molecule has 0 amide bonds. The van der Waals surface area contributed by atoms with Crippen molar-refractivity contribution in [3.8, 4) is 0 Å². The highest BCUT2D eigenvalue weighted by Gasteiger charge is 2.24. The van der Waals surface area contributed by atoms with E-state index in [4.69, 9.17) is 0 Å². The Hall–Kier alpha value is -3.78. The standard InChI is InChI=1S/C26H14O2/c27-23-14-13-20-21(26(23)28)12-11-19-17-7-3-4-8-18(17)24-16-6-2-1-5-15(16)9-10-22(24)25(19)20/h1-14H. The van der Waals surface area contributed by atoms with E-state index in [2.05, 4.69) is 48.5 Å². The van der Waals surface area contributed by atoms with Crippen LogP contribution >= 0.6 is 0 Å². The highest BCUT2D eigenvalue weighted by Crippen LogP contribution is 2.41. The van der Waals surface area contributed by atoms with E-state index in [1.807, 2.05) is 18.2 Å². The molecule has 2 heteroatoms. The van der Waals surface area contributed by atoms with Crippen molar-refractivity contribution < 1.29 is 9.59 Å². The normalized spacial score (nSPS) is 13.7. The summed E-state index contributed by atoms with van der Waals surface area (Å²) in [5.41, 5.74) is 1.33. The molecule has 0 N–H and O–H groups in total. The molecule has 1 aliphatic rings. The summed E-state index contributed by atoms with van der Waals surface area (Å²) >= 11 is 0. The van der Waals surface area contributed by atoms with Crippen LogP contribution in [-0.4, -0.2) is 11.6 Å². The van der Waals surface area contributed by atoms with Crippen LogP contribution < -0.4 is 0 Å². The van der Waals surface area contributed by atoms with E-state index in [1.165, 1.54) is 27.6 Å². The van der Waals surface area contributed by atoms with Crippen LogP contribution in [0.1, 0.15) is 15.9 Å². The van der Waals surface area contributed by atoms with E-state index in [0.717, 1.165) is 27.1 Å². The number of benzene rings is 5. The maximum atomic E-state index is 12.5. The lowest BCUT2D eigenvalue weighted by molar-refractivity contribution is -0.110. The third-order valence-electron chi connectivity index (χ3n) is 5.80. The third-order valence-corrected chi connectivity index (χ3v) is 5.80. The average molecular weight is 358 g/mol. The zero-order valence-corrected chi connectivity index (χ0v) is 14.9. The second kappa shape index (κ2) is 5.37. The second-order valence-corrected chi connectivity index (χ2v) is 7.23. The van der Waals surface area contributed by atoms with Crippen LogP contribution in [0.2, 0.25) is 0 Å². The van der Waals surface area contributed by atoms with Gasteiger partial charge in [0.1, 0.15) is 0 Å². The number of ketones is 2. The van der Waals surface area contributed by atoms with Gasteiger partial charge in [0.2, 0.25) is 11.6 Å². The molecule has 1 aliphatic carbocycles. The molecule has 0 fully saturated rings. The topological polar surface area (TPSA) is 34.1 Å². The Bertz CT molecular complexity index is 1540. The Morgan fingerprint density at radius 3 is 2.04 bits per heavy atom. The van der Waals surface area contributed by atoms with E-state index in [1.54, 1.807) is 12.1 Å². The van der Waals surface area contributed by atoms with Crippen molar-refractivity contribution in [2.45, 2.75) is 0 Å². The summed E-state index contributed by atoms with van der Waals surface area (Å²) in [6, 6.07) is 24.8. The summed E-state index contributed by atoms with van der Waals surface area (Å²) in [6.45, 7) is 0. The Morgan fingerprint density at radius 2 is 1.18 bits per heavy atom. The maximum absolute atomic E-state index is 12.5. The van der Waals surface area contributed by atoms with Crippen molar-refractivity contribution >= 4 is 60.7 Å². The van der Waals surface area contributed by atoms with Gasteiger partial charge >= 0.3 is 0 Å². The predicted octanol–water partition coefficient (Wildman–Crippen LogP) is 6.08. The number of hydrogen-bond donors (Lipinski definition) is 0. The summed E-state index contributed by atoms with van der Waals surface area (Å²) in [5.74, 6) is -0.885. The Morgan fingerprint density at radius 1 is 0.500 bits per heavy atom. The highest BCUT2D eigenvalue weighted by atomic mass is 16.2. The molecule has 0 bridgehead atoms. The number of Topliss-reactive ketones (excluding diaryl/α,β-unsaturated/α-hetero) is 1. The Balaban J connectivity index is 1.98. The van der Waals surface area contributed by atoms with Crippen LogP contribution in [0.3, 0.4) is 0 Å². The monoisotopic (exact) mass is 358 g/mol. The largest absolute Gasteiger partial charge is 0.286 e.